The van der Waals surface area contributed by atoms with Gasteiger partial charge in [0.15, 0.2) is 5.65 Å². The predicted octanol–water partition coefficient (Wildman–Crippen LogP) is 4.86. The Labute approximate surface area is 173 Å². The van der Waals surface area contributed by atoms with Crippen LogP contribution in [0.25, 0.3) is 33.8 Å². The first-order chi connectivity index (χ1) is 14.6. The third kappa shape index (κ3) is 2.92. The van der Waals surface area contributed by atoms with Gasteiger partial charge in [-0.2, -0.15) is 5.10 Å². The van der Waals surface area contributed by atoms with Crippen molar-refractivity contribution < 1.29 is 0 Å². The topological polar surface area (TPSA) is 52.7 Å². The number of para-hydroxylation sites is 1. The minimum Gasteiger partial charge on any atom is -0.268 e. The number of aromatic nitrogens is 4. The molecule has 0 unspecified atom stereocenters. The van der Waals surface area contributed by atoms with Crippen molar-refractivity contribution in [1.29, 1.82) is 0 Å². The van der Waals surface area contributed by atoms with Crippen molar-refractivity contribution in [1.82, 2.24) is 19.3 Å². The Kier molecular flexibility index (Phi) is 4.29. The zero-order valence-corrected chi connectivity index (χ0v) is 16.8. The molecule has 5 heteroatoms. The van der Waals surface area contributed by atoms with Gasteiger partial charge in [0.1, 0.15) is 11.2 Å². The van der Waals surface area contributed by atoms with E-state index in [9.17, 15) is 4.79 Å². The maximum atomic E-state index is 13.6. The van der Waals surface area contributed by atoms with Gasteiger partial charge in [-0.3, -0.25) is 9.36 Å². The zero-order chi connectivity index (χ0) is 20.7. The van der Waals surface area contributed by atoms with Crippen molar-refractivity contribution >= 4 is 11.0 Å². The second kappa shape index (κ2) is 7.12. The van der Waals surface area contributed by atoms with Crippen LogP contribution in [0.4, 0.5) is 0 Å². The molecule has 0 aliphatic carbocycles. The number of hydrogen-bond acceptors (Lipinski definition) is 3. The van der Waals surface area contributed by atoms with E-state index in [0.29, 0.717) is 16.9 Å². The molecule has 2 aromatic heterocycles. The standard InChI is InChI=1S/C25H20N4O/c1-17-12-14-19(15-13-17)28-23(21-11-7-6-8-18(21)2)27-24-22(25(28)30)16-26-29(24)20-9-4-3-5-10-20/h3-16H,1-2H3. The van der Waals surface area contributed by atoms with E-state index >= 15 is 0 Å². The van der Waals surface area contributed by atoms with Crippen LogP contribution in [0.5, 0.6) is 0 Å². The molecule has 0 saturated carbocycles. The summed E-state index contributed by atoms with van der Waals surface area (Å²) in [5, 5.41) is 4.96. The Morgan fingerprint density at radius 2 is 1.47 bits per heavy atom. The first-order valence-electron chi connectivity index (χ1n) is 9.83. The van der Waals surface area contributed by atoms with Crippen LogP contribution in [-0.2, 0) is 0 Å². The van der Waals surface area contributed by atoms with Gasteiger partial charge in [0.25, 0.3) is 5.56 Å². The molecule has 0 bridgehead atoms. The van der Waals surface area contributed by atoms with Crippen LogP contribution in [0.3, 0.4) is 0 Å². The molecule has 5 aromatic rings. The number of benzene rings is 3. The summed E-state index contributed by atoms with van der Waals surface area (Å²) in [6.45, 7) is 4.06. The summed E-state index contributed by atoms with van der Waals surface area (Å²) in [5.41, 5.74) is 5.16. The first-order valence-corrected chi connectivity index (χ1v) is 9.83. The molecule has 0 aliphatic rings. The van der Waals surface area contributed by atoms with Gasteiger partial charge in [-0.1, -0.05) is 60.2 Å². The lowest BCUT2D eigenvalue weighted by atomic mass is 10.1. The molecule has 3 aromatic carbocycles. The van der Waals surface area contributed by atoms with Crippen LogP contribution >= 0.6 is 0 Å². The van der Waals surface area contributed by atoms with E-state index < -0.39 is 0 Å². The Bertz CT molecular complexity index is 1410. The van der Waals surface area contributed by atoms with Gasteiger partial charge in [0.2, 0.25) is 0 Å². The zero-order valence-electron chi connectivity index (χ0n) is 16.8. The molecule has 30 heavy (non-hydrogen) atoms. The van der Waals surface area contributed by atoms with Crippen molar-refractivity contribution in [3.05, 3.63) is 107 Å². The third-order valence-electron chi connectivity index (χ3n) is 5.28. The molecule has 0 atom stereocenters. The second-order valence-electron chi connectivity index (χ2n) is 7.36. The summed E-state index contributed by atoms with van der Waals surface area (Å²) in [6.07, 6.45) is 1.60. The monoisotopic (exact) mass is 392 g/mol. The highest BCUT2D eigenvalue weighted by molar-refractivity contribution is 5.79. The average molecular weight is 392 g/mol. The molecule has 0 N–H and O–H groups in total. The summed E-state index contributed by atoms with van der Waals surface area (Å²) in [5.74, 6) is 0.604. The highest BCUT2D eigenvalue weighted by Gasteiger charge is 2.19. The normalized spacial score (nSPS) is 11.1. The number of aryl methyl sites for hydroxylation is 2. The Morgan fingerprint density at radius 1 is 0.767 bits per heavy atom. The minimum atomic E-state index is -0.135. The molecule has 2 heterocycles. The molecule has 0 spiro atoms. The van der Waals surface area contributed by atoms with E-state index in [1.807, 2.05) is 92.7 Å². The van der Waals surface area contributed by atoms with Crippen LogP contribution in [0.15, 0.2) is 89.9 Å². The lowest BCUT2D eigenvalue weighted by Gasteiger charge is -2.15. The SMILES string of the molecule is Cc1ccc(-n2c(-c3ccccc3C)nc3c(cnn3-c3ccccc3)c2=O)cc1. The molecular weight excluding hydrogens is 372 g/mol. The summed E-state index contributed by atoms with van der Waals surface area (Å²) in [4.78, 5) is 18.6. The molecule has 146 valence electrons. The van der Waals surface area contributed by atoms with Gasteiger partial charge in [0, 0.05) is 5.56 Å². The summed E-state index contributed by atoms with van der Waals surface area (Å²) < 4.78 is 3.40. The fourth-order valence-electron chi connectivity index (χ4n) is 3.66. The van der Waals surface area contributed by atoms with Crippen molar-refractivity contribution in [2.24, 2.45) is 0 Å². The maximum Gasteiger partial charge on any atom is 0.269 e. The molecule has 0 radical (unpaired) electrons. The molecule has 0 saturated heterocycles. The number of hydrogen-bond donors (Lipinski definition) is 0. The average Bonchev–Trinajstić information content (AvgIpc) is 3.20. The summed E-state index contributed by atoms with van der Waals surface area (Å²) >= 11 is 0. The van der Waals surface area contributed by atoms with E-state index in [2.05, 4.69) is 5.10 Å². The van der Waals surface area contributed by atoms with Crippen molar-refractivity contribution in [2.75, 3.05) is 0 Å². The van der Waals surface area contributed by atoms with Crippen LogP contribution in [-0.4, -0.2) is 19.3 Å². The van der Waals surface area contributed by atoms with Gasteiger partial charge in [0.05, 0.1) is 17.6 Å². The highest BCUT2D eigenvalue weighted by Crippen LogP contribution is 2.26. The Balaban J connectivity index is 1.88. The van der Waals surface area contributed by atoms with Gasteiger partial charge in [-0.15, -0.1) is 0 Å². The molecule has 0 amide bonds. The smallest absolute Gasteiger partial charge is 0.268 e. The minimum absolute atomic E-state index is 0.135. The quantitative estimate of drug-likeness (QED) is 0.441. The number of nitrogens with zero attached hydrogens (tertiary/aromatic N) is 4. The van der Waals surface area contributed by atoms with Gasteiger partial charge in [-0.05, 0) is 43.7 Å². The molecule has 5 nitrogen and oxygen atoms in total. The van der Waals surface area contributed by atoms with E-state index in [0.717, 1.165) is 28.1 Å². The fraction of sp³-hybridized carbons (Fsp3) is 0.0800. The lowest BCUT2D eigenvalue weighted by Crippen LogP contribution is -2.22. The number of fused-ring (bicyclic) bond motifs is 1. The molecule has 0 fully saturated rings. The highest BCUT2D eigenvalue weighted by atomic mass is 16.1. The van der Waals surface area contributed by atoms with Gasteiger partial charge in [-0.25, -0.2) is 9.67 Å². The van der Waals surface area contributed by atoms with Crippen LogP contribution in [0.1, 0.15) is 11.1 Å². The Morgan fingerprint density at radius 3 is 2.20 bits per heavy atom. The first kappa shape index (κ1) is 18.1. The molecule has 0 aliphatic heterocycles. The van der Waals surface area contributed by atoms with Crippen LogP contribution in [0.2, 0.25) is 0 Å². The van der Waals surface area contributed by atoms with E-state index in [1.54, 1.807) is 15.4 Å². The lowest BCUT2D eigenvalue weighted by molar-refractivity contribution is 0.888. The van der Waals surface area contributed by atoms with Crippen molar-refractivity contribution in [3.8, 4) is 22.8 Å². The molecular formula is C25H20N4O. The Hall–Kier alpha value is -3.99. The van der Waals surface area contributed by atoms with Gasteiger partial charge >= 0.3 is 0 Å². The van der Waals surface area contributed by atoms with E-state index in [-0.39, 0.29) is 5.56 Å². The third-order valence-corrected chi connectivity index (χ3v) is 5.28. The fourth-order valence-corrected chi connectivity index (χ4v) is 3.66. The van der Waals surface area contributed by atoms with Crippen molar-refractivity contribution in [3.63, 3.8) is 0 Å². The summed E-state index contributed by atoms with van der Waals surface area (Å²) in [6, 6.07) is 25.6. The summed E-state index contributed by atoms with van der Waals surface area (Å²) in [7, 11) is 0. The second-order valence-corrected chi connectivity index (χ2v) is 7.36. The van der Waals surface area contributed by atoms with Gasteiger partial charge < -0.3 is 0 Å². The van der Waals surface area contributed by atoms with Crippen LogP contribution in [0, 0.1) is 13.8 Å². The maximum absolute atomic E-state index is 13.6. The molecule has 5 rings (SSSR count). The van der Waals surface area contributed by atoms with Crippen LogP contribution < -0.4 is 5.56 Å². The number of rotatable bonds is 3. The predicted molar refractivity (Wildman–Crippen MR) is 119 cm³/mol. The van der Waals surface area contributed by atoms with E-state index in [4.69, 9.17) is 4.98 Å². The van der Waals surface area contributed by atoms with E-state index in [1.165, 1.54) is 0 Å². The van der Waals surface area contributed by atoms with Crippen molar-refractivity contribution in [2.45, 2.75) is 13.8 Å². The largest absolute Gasteiger partial charge is 0.269 e.